The molecule has 0 saturated carbocycles. The first-order chi connectivity index (χ1) is 8.90. The van der Waals surface area contributed by atoms with E-state index in [0.717, 1.165) is 0 Å². The first-order valence-electron chi connectivity index (χ1n) is 5.92. The van der Waals surface area contributed by atoms with Crippen LogP contribution in [-0.4, -0.2) is 34.7 Å². The number of rotatable bonds is 6. The van der Waals surface area contributed by atoms with Crippen LogP contribution in [0.2, 0.25) is 0 Å². The van der Waals surface area contributed by atoms with Crippen molar-refractivity contribution in [3.63, 3.8) is 0 Å². The van der Waals surface area contributed by atoms with Crippen LogP contribution >= 0.6 is 0 Å². The third kappa shape index (κ3) is 4.97. The summed E-state index contributed by atoms with van der Waals surface area (Å²) < 4.78 is 0. The number of carboxylic acid groups (broad SMARTS) is 1. The van der Waals surface area contributed by atoms with Crippen LogP contribution in [0.4, 0.5) is 0 Å². The zero-order chi connectivity index (χ0) is 14.4. The Labute approximate surface area is 111 Å². The molecule has 2 atom stereocenters. The second-order valence-electron chi connectivity index (χ2n) is 4.37. The van der Waals surface area contributed by atoms with Gasteiger partial charge in [-0.1, -0.05) is 12.1 Å². The summed E-state index contributed by atoms with van der Waals surface area (Å²) in [4.78, 5) is 22.1. The van der Waals surface area contributed by atoms with Crippen molar-refractivity contribution >= 4 is 11.9 Å². The summed E-state index contributed by atoms with van der Waals surface area (Å²) in [6.07, 6.45) is 0. The number of aliphatic carboxylic acids is 1. The number of carbonyl (C=O) groups is 2. The third-order valence-electron chi connectivity index (χ3n) is 2.55. The summed E-state index contributed by atoms with van der Waals surface area (Å²) >= 11 is 0. The minimum atomic E-state index is -1.01. The molecule has 0 bridgehead atoms. The largest absolute Gasteiger partial charge is 0.508 e. The molecule has 1 rings (SSSR count). The number of hydrogen-bond acceptors (Lipinski definition) is 4. The Balaban J connectivity index is 2.66. The number of phenolic OH excluding ortho intramolecular Hbond substituents is 1. The van der Waals surface area contributed by atoms with Gasteiger partial charge in [-0.25, -0.2) is 0 Å². The smallest absolute Gasteiger partial charge is 0.325 e. The fourth-order valence-electron chi connectivity index (χ4n) is 1.71. The molecule has 0 aliphatic heterocycles. The predicted octanol–water partition coefficient (Wildman–Crippen LogP) is 0.632. The van der Waals surface area contributed by atoms with Crippen LogP contribution in [0, 0.1) is 0 Å². The Morgan fingerprint density at radius 2 is 1.84 bits per heavy atom. The van der Waals surface area contributed by atoms with Crippen LogP contribution in [0.3, 0.4) is 0 Å². The molecule has 6 nitrogen and oxygen atoms in total. The molecule has 6 heteroatoms. The molecular weight excluding hydrogens is 248 g/mol. The molecule has 0 fully saturated rings. The van der Waals surface area contributed by atoms with Crippen molar-refractivity contribution in [2.75, 3.05) is 6.54 Å². The zero-order valence-electron chi connectivity index (χ0n) is 10.9. The molecule has 104 valence electrons. The van der Waals surface area contributed by atoms with E-state index < -0.39 is 12.0 Å². The molecular formula is C13H18N2O4. The quantitative estimate of drug-likeness (QED) is 0.605. The van der Waals surface area contributed by atoms with Crippen LogP contribution < -0.4 is 10.6 Å². The molecule has 1 aromatic rings. The van der Waals surface area contributed by atoms with Gasteiger partial charge in [-0.2, -0.15) is 0 Å². The summed E-state index contributed by atoms with van der Waals surface area (Å²) in [7, 11) is 0. The average molecular weight is 266 g/mol. The van der Waals surface area contributed by atoms with E-state index in [2.05, 4.69) is 10.6 Å². The van der Waals surface area contributed by atoms with E-state index in [4.69, 9.17) is 0 Å². The van der Waals surface area contributed by atoms with E-state index in [-0.39, 0.29) is 17.7 Å². The number of benzene rings is 1. The van der Waals surface area contributed by atoms with Crippen LogP contribution in [0.5, 0.6) is 5.75 Å². The molecule has 1 aromatic carbocycles. The van der Waals surface area contributed by atoms with Gasteiger partial charge in [-0.3, -0.25) is 14.9 Å². The molecule has 0 spiro atoms. The van der Waals surface area contributed by atoms with Gasteiger partial charge in [0.25, 0.3) is 0 Å². The maximum atomic E-state index is 11.2. The molecule has 0 aliphatic rings. The maximum Gasteiger partial charge on any atom is 0.325 e. The van der Waals surface area contributed by atoms with E-state index in [9.17, 15) is 19.8 Å². The lowest BCUT2D eigenvalue weighted by Gasteiger charge is -2.18. The lowest BCUT2D eigenvalue weighted by atomic mass is 10.1. The maximum absolute atomic E-state index is 11.2. The van der Waals surface area contributed by atoms with Gasteiger partial charge < -0.3 is 15.5 Å². The SMILES string of the molecule is CC(=O)NC(C)CNC(C(=O)O)c1ccc(O)cc1. The van der Waals surface area contributed by atoms with Crippen LogP contribution in [-0.2, 0) is 9.59 Å². The van der Waals surface area contributed by atoms with Crippen molar-refractivity contribution in [3.8, 4) is 5.75 Å². The fourth-order valence-corrected chi connectivity index (χ4v) is 1.71. The highest BCUT2D eigenvalue weighted by atomic mass is 16.4. The van der Waals surface area contributed by atoms with Gasteiger partial charge in [-0.15, -0.1) is 0 Å². The number of hydrogen-bond donors (Lipinski definition) is 4. The van der Waals surface area contributed by atoms with Crippen molar-refractivity contribution < 1.29 is 19.8 Å². The summed E-state index contributed by atoms with van der Waals surface area (Å²) in [5.74, 6) is -1.09. The summed E-state index contributed by atoms with van der Waals surface area (Å²) in [5, 5.41) is 23.9. The minimum Gasteiger partial charge on any atom is -0.508 e. The lowest BCUT2D eigenvalue weighted by molar-refractivity contribution is -0.139. The van der Waals surface area contributed by atoms with Gasteiger partial charge in [0, 0.05) is 19.5 Å². The Morgan fingerprint density at radius 3 is 2.32 bits per heavy atom. The normalized spacial score (nSPS) is 13.6. The Morgan fingerprint density at radius 1 is 1.26 bits per heavy atom. The highest BCUT2D eigenvalue weighted by Crippen LogP contribution is 2.17. The minimum absolute atomic E-state index is 0.0829. The first-order valence-corrected chi connectivity index (χ1v) is 5.92. The van der Waals surface area contributed by atoms with Crippen LogP contribution in [0.25, 0.3) is 0 Å². The molecule has 0 aromatic heterocycles. The fraction of sp³-hybridized carbons (Fsp3) is 0.385. The molecule has 4 N–H and O–H groups in total. The van der Waals surface area contributed by atoms with Gasteiger partial charge in [-0.05, 0) is 24.6 Å². The Bertz CT molecular complexity index is 444. The Hall–Kier alpha value is -2.08. The number of phenols is 1. The third-order valence-corrected chi connectivity index (χ3v) is 2.55. The van der Waals surface area contributed by atoms with E-state index in [0.29, 0.717) is 12.1 Å². The number of carbonyl (C=O) groups excluding carboxylic acids is 1. The molecule has 1 amide bonds. The van der Waals surface area contributed by atoms with E-state index in [1.54, 1.807) is 19.1 Å². The Kier molecular flexibility index (Phi) is 5.32. The van der Waals surface area contributed by atoms with Gasteiger partial charge in [0.2, 0.25) is 5.91 Å². The second kappa shape index (κ2) is 6.75. The number of nitrogens with one attached hydrogen (secondary N) is 2. The molecule has 0 heterocycles. The van der Waals surface area contributed by atoms with Crippen molar-refractivity contribution in [2.24, 2.45) is 0 Å². The average Bonchev–Trinajstić information content (AvgIpc) is 2.30. The highest BCUT2D eigenvalue weighted by Gasteiger charge is 2.19. The van der Waals surface area contributed by atoms with Gasteiger partial charge >= 0.3 is 5.97 Å². The van der Waals surface area contributed by atoms with Crippen LogP contribution in [0.1, 0.15) is 25.5 Å². The summed E-state index contributed by atoms with van der Waals surface area (Å²) in [5.41, 5.74) is 0.542. The molecule has 0 radical (unpaired) electrons. The first kappa shape index (κ1) is 15.0. The van der Waals surface area contributed by atoms with Crippen molar-refractivity contribution in [2.45, 2.75) is 25.9 Å². The highest BCUT2D eigenvalue weighted by molar-refractivity contribution is 5.75. The van der Waals surface area contributed by atoms with E-state index in [1.165, 1.54) is 19.1 Å². The second-order valence-corrected chi connectivity index (χ2v) is 4.37. The van der Waals surface area contributed by atoms with Crippen molar-refractivity contribution in [1.29, 1.82) is 0 Å². The zero-order valence-corrected chi connectivity index (χ0v) is 10.9. The molecule has 0 saturated heterocycles. The molecule has 19 heavy (non-hydrogen) atoms. The standard InChI is InChI=1S/C13H18N2O4/c1-8(15-9(2)16)7-14-12(13(18)19)10-3-5-11(17)6-4-10/h3-6,8,12,14,17H,7H2,1-2H3,(H,15,16)(H,18,19). The number of carboxylic acids is 1. The summed E-state index contributed by atoms with van der Waals surface area (Å²) in [6.45, 7) is 3.52. The molecule has 2 unspecified atom stereocenters. The van der Waals surface area contributed by atoms with Gasteiger partial charge in [0.05, 0.1) is 0 Å². The van der Waals surface area contributed by atoms with Gasteiger partial charge in [0.1, 0.15) is 11.8 Å². The van der Waals surface area contributed by atoms with Crippen molar-refractivity contribution in [3.05, 3.63) is 29.8 Å². The van der Waals surface area contributed by atoms with Crippen LogP contribution in [0.15, 0.2) is 24.3 Å². The van der Waals surface area contributed by atoms with Gasteiger partial charge in [0.15, 0.2) is 0 Å². The van der Waals surface area contributed by atoms with Crippen molar-refractivity contribution in [1.82, 2.24) is 10.6 Å². The predicted molar refractivity (Wildman–Crippen MR) is 69.8 cm³/mol. The molecule has 0 aliphatic carbocycles. The van der Waals surface area contributed by atoms with E-state index in [1.807, 2.05) is 0 Å². The monoisotopic (exact) mass is 266 g/mol. The van der Waals surface area contributed by atoms with E-state index >= 15 is 0 Å². The summed E-state index contributed by atoms with van der Waals surface area (Å²) in [6, 6.07) is 4.91. The number of aromatic hydroxyl groups is 1. The topological polar surface area (TPSA) is 98.7 Å². The number of amides is 1. The lowest BCUT2D eigenvalue weighted by Crippen LogP contribution is -2.41.